The predicted octanol–water partition coefficient (Wildman–Crippen LogP) is 1.70. The van der Waals surface area contributed by atoms with Crippen LogP contribution in [0, 0.1) is 0 Å². The second kappa shape index (κ2) is 8.59. The van der Waals surface area contributed by atoms with Crippen molar-refractivity contribution >= 4 is 17.8 Å². The monoisotopic (exact) mass is 405 g/mol. The molecule has 29 heavy (non-hydrogen) atoms. The van der Waals surface area contributed by atoms with Gasteiger partial charge in [0.2, 0.25) is 5.75 Å². The Hall–Kier alpha value is -2.97. The van der Waals surface area contributed by atoms with Crippen LogP contribution in [-0.4, -0.2) is 61.2 Å². The fourth-order valence-corrected chi connectivity index (χ4v) is 3.67. The van der Waals surface area contributed by atoms with Gasteiger partial charge in [0.1, 0.15) is 5.54 Å². The molecule has 9 heteroatoms. The molecule has 2 N–H and O–H groups in total. The average molecular weight is 405 g/mol. The van der Waals surface area contributed by atoms with Crippen LogP contribution in [0.4, 0.5) is 4.79 Å². The molecule has 0 aliphatic carbocycles. The van der Waals surface area contributed by atoms with E-state index in [9.17, 15) is 14.4 Å². The Balaban J connectivity index is 1.81. The first-order valence-electron chi connectivity index (χ1n) is 9.93. The Morgan fingerprint density at radius 3 is 2.00 bits per heavy atom. The van der Waals surface area contributed by atoms with Crippen LogP contribution in [0.2, 0.25) is 0 Å². The summed E-state index contributed by atoms with van der Waals surface area (Å²) in [4.78, 5) is 38.4. The fraction of sp³-hybridized carbons (Fsp3) is 0.550. The number of carbonyl (C=O) groups is 3. The Morgan fingerprint density at radius 2 is 1.55 bits per heavy atom. The normalized spacial score (nSPS) is 17.7. The highest BCUT2D eigenvalue weighted by Crippen LogP contribution is 2.39. The van der Waals surface area contributed by atoms with E-state index in [1.165, 1.54) is 0 Å². The number of hydrogen-bond donors (Lipinski definition) is 2. The Kier molecular flexibility index (Phi) is 6.14. The van der Waals surface area contributed by atoms with Gasteiger partial charge in [0.25, 0.3) is 11.8 Å². The van der Waals surface area contributed by atoms with Gasteiger partial charge in [-0.2, -0.15) is 0 Å². The zero-order chi connectivity index (χ0) is 21.0. The smallest absolute Gasteiger partial charge is 0.322 e. The molecule has 3 rings (SSSR count). The van der Waals surface area contributed by atoms with Crippen molar-refractivity contribution in [3.63, 3.8) is 0 Å². The van der Waals surface area contributed by atoms with Crippen molar-refractivity contribution < 1.29 is 28.6 Å². The second-order valence-corrected chi connectivity index (χ2v) is 6.88. The van der Waals surface area contributed by atoms with E-state index < -0.39 is 11.6 Å². The molecule has 0 aromatic heterocycles. The maximum absolute atomic E-state index is 13.1. The van der Waals surface area contributed by atoms with Crippen LogP contribution in [0.15, 0.2) is 12.1 Å². The number of piperidine rings is 1. The summed E-state index contributed by atoms with van der Waals surface area (Å²) in [5, 5.41) is 4.97. The molecule has 0 radical (unpaired) electrons. The Morgan fingerprint density at radius 1 is 1.00 bits per heavy atom. The molecule has 0 saturated carbocycles. The van der Waals surface area contributed by atoms with Gasteiger partial charge in [0.05, 0.1) is 19.8 Å². The van der Waals surface area contributed by atoms with Crippen molar-refractivity contribution in [2.24, 2.45) is 0 Å². The highest BCUT2D eigenvalue weighted by atomic mass is 16.5. The van der Waals surface area contributed by atoms with Gasteiger partial charge >= 0.3 is 6.03 Å². The largest absolute Gasteiger partial charge is 0.490 e. The summed E-state index contributed by atoms with van der Waals surface area (Å²) in [5.74, 6) is 0.886. The van der Waals surface area contributed by atoms with Gasteiger partial charge in [-0.25, -0.2) is 4.79 Å². The number of imide groups is 1. The number of benzene rings is 1. The molecule has 1 spiro atoms. The van der Waals surface area contributed by atoms with E-state index in [1.54, 1.807) is 17.0 Å². The van der Waals surface area contributed by atoms with Crippen molar-refractivity contribution in [2.45, 2.75) is 39.2 Å². The number of rotatable bonds is 7. The van der Waals surface area contributed by atoms with Crippen LogP contribution >= 0.6 is 0 Å². The van der Waals surface area contributed by atoms with Crippen molar-refractivity contribution in [3.8, 4) is 17.2 Å². The first kappa shape index (κ1) is 20.8. The lowest BCUT2D eigenvalue weighted by atomic mass is 9.87. The number of amides is 4. The maximum atomic E-state index is 13.1. The lowest BCUT2D eigenvalue weighted by Crippen LogP contribution is -2.55. The lowest BCUT2D eigenvalue weighted by molar-refractivity contribution is -0.125. The van der Waals surface area contributed by atoms with Crippen molar-refractivity contribution in [1.29, 1.82) is 0 Å². The van der Waals surface area contributed by atoms with Crippen LogP contribution in [-0.2, 0) is 4.79 Å². The fourth-order valence-electron chi connectivity index (χ4n) is 3.67. The number of ether oxygens (including phenoxy) is 3. The van der Waals surface area contributed by atoms with Crippen LogP contribution in [0.3, 0.4) is 0 Å². The standard InChI is InChI=1S/C20H27N3O6/c1-4-27-14-11-13(12-15(28-5-2)16(14)29-6-3)17(24)23-9-7-20(8-10-23)18(25)21-19(26)22-20/h11-12H,4-10H2,1-3H3,(H2,21,22,25,26). The molecule has 9 nitrogen and oxygen atoms in total. The highest BCUT2D eigenvalue weighted by molar-refractivity contribution is 6.07. The van der Waals surface area contributed by atoms with E-state index in [4.69, 9.17) is 14.2 Å². The number of hydrogen-bond acceptors (Lipinski definition) is 6. The minimum atomic E-state index is -0.917. The average Bonchev–Trinajstić information content (AvgIpc) is 2.97. The first-order valence-corrected chi connectivity index (χ1v) is 9.93. The van der Waals surface area contributed by atoms with Crippen LogP contribution < -0.4 is 24.8 Å². The van der Waals surface area contributed by atoms with E-state index in [0.29, 0.717) is 68.6 Å². The summed E-state index contributed by atoms with van der Waals surface area (Å²) >= 11 is 0. The molecule has 2 aliphatic rings. The van der Waals surface area contributed by atoms with E-state index >= 15 is 0 Å². The Labute approximate surface area is 169 Å². The molecule has 158 valence electrons. The summed E-state index contributed by atoms with van der Waals surface area (Å²) in [5.41, 5.74) is -0.490. The van der Waals surface area contributed by atoms with E-state index in [0.717, 1.165) is 0 Å². The third kappa shape index (κ3) is 4.08. The third-order valence-corrected chi connectivity index (χ3v) is 5.07. The minimum absolute atomic E-state index is 0.186. The highest BCUT2D eigenvalue weighted by Gasteiger charge is 2.48. The molecule has 1 aromatic rings. The molecule has 4 amide bonds. The SMILES string of the molecule is CCOc1cc(C(=O)N2CCC3(CC2)NC(=O)NC3=O)cc(OCC)c1OCC. The predicted molar refractivity (Wildman–Crippen MR) is 104 cm³/mol. The number of carbonyl (C=O) groups excluding carboxylic acids is 3. The molecule has 2 heterocycles. The number of urea groups is 1. The molecule has 0 unspecified atom stereocenters. The molecular weight excluding hydrogens is 378 g/mol. The molecular formula is C20H27N3O6. The molecule has 0 atom stereocenters. The maximum Gasteiger partial charge on any atom is 0.322 e. The van der Waals surface area contributed by atoms with Crippen molar-refractivity contribution in [3.05, 3.63) is 17.7 Å². The molecule has 2 fully saturated rings. The van der Waals surface area contributed by atoms with Gasteiger partial charge < -0.3 is 24.4 Å². The van der Waals surface area contributed by atoms with Gasteiger partial charge in [-0.3, -0.25) is 14.9 Å². The second-order valence-electron chi connectivity index (χ2n) is 6.88. The van der Waals surface area contributed by atoms with Gasteiger partial charge in [0.15, 0.2) is 11.5 Å². The summed E-state index contributed by atoms with van der Waals surface area (Å²) in [6.07, 6.45) is 0.730. The number of likely N-dealkylation sites (tertiary alicyclic amines) is 1. The summed E-state index contributed by atoms with van der Waals surface area (Å²) in [6, 6.07) is 2.84. The van der Waals surface area contributed by atoms with Gasteiger partial charge in [-0.15, -0.1) is 0 Å². The Bertz CT molecular complexity index is 774. The zero-order valence-electron chi connectivity index (χ0n) is 17.0. The third-order valence-electron chi connectivity index (χ3n) is 5.07. The van der Waals surface area contributed by atoms with Crippen molar-refractivity contribution in [2.75, 3.05) is 32.9 Å². The van der Waals surface area contributed by atoms with E-state index in [-0.39, 0.29) is 11.8 Å². The molecule has 2 saturated heterocycles. The van der Waals surface area contributed by atoms with Gasteiger partial charge in [-0.05, 0) is 45.7 Å². The minimum Gasteiger partial charge on any atom is -0.490 e. The zero-order valence-corrected chi connectivity index (χ0v) is 17.0. The van der Waals surface area contributed by atoms with Gasteiger partial charge in [0, 0.05) is 18.7 Å². The first-order chi connectivity index (χ1) is 13.9. The van der Waals surface area contributed by atoms with E-state index in [1.807, 2.05) is 20.8 Å². The summed E-state index contributed by atoms with van der Waals surface area (Å²) in [7, 11) is 0. The molecule has 1 aromatic carbocycles. The molecule has 2 aliphatic heterocycles. The summed E-state index contributed by atoms with van der Waals surface area (Å²) < 4.78 is 17.0. The van der Waals surface area contributed by atoms with Crippen LogP contribution in [0.1, 0.15) is 44.0 Å². The lowest BCUT2D eigenvalue weighted by Gasteiger charge is -2.37. The van der Waals surface area contributed by atoms with Crippen LogP contribution in [0.5, 0.6) is 17.2 Å². The van der Waals surface area contributed by atoms with Gasteiger partial charge in [-0.1, -0.05) is 0 Å². The number of nitrogens with one attached hydrogen (secondary N) is 2. The van der Waals surface area contributed by atoms with E-state index in [2.05, 4.69) is 10.6 Å². The van der Waals surface area contributed by atoms with Crippen LogP contribution in [0.25, 0.3) is 0 Å². The summed E-state index contributed by atoms with van der Waals surface area (Å²) in [6.45, 7) is 7.57. The molecule has 0 bridgehead atoms. The van der Waals surface area contributed by atoms with Crippen molar-refractivity contribution in [1.82, 2.24) is 15.5 Å². The quantitative estimate of drug-likeness (QED) is 0.669. The number of nitrogens with zero attached hydrogens (tertiary/aromatic N) is 1. The topological polar surface area (TPSA) is 106 Å².